The van der Waals surface area contributed by atoms with Crippen molar-refractivity contribution in [3.63, 3.8) is 0 Å². The molecule has 1 aromatic rings. The molecule has 1 fully saturated rings. The maximum atomic E-state index is 12.4. The van der Waals surface area contributed by atoms with Gasteiger partial charge in [0.05, 0.1) is 0 Å². The third kappa shape index (κ3) is 3.25. The van der Waals surface area contributed by atoms with Crippen LogP contribution < -0.4 is 10.0 Å². The van der Waals surface area contributed by atoms with Crippen LogP contribution in [0, 0.1) is 5.92 Å². The number of nitrogens with zero attached hydrogens (tertiary/aromatic N) is 1. The quantitative estimate of drug-likeness (QED) is 0.837. The largest absolute Gasteiger partial charge is 0.369 e. The van der Waals surface area contributed by atoms with Crippen molar-refractivity contribution in [1.29, 1.82) is 0 Å². The van der Waals surface area contributed by atoms with E-state index in [1.807, 2.05) is 13.8 Å². The Labute approximate surface area is 114 Å². The lowest BCUT2D eigenvalue weighted by molar-refractivity contribution is 0.260. The number of hydrogen-bond acceptors (Lipinski definition) is 4. The van der Waals surface area contributed by atoms with Crippen molar-refractivity contribution < 1.29 is 8.42 Å². The highest BCUT2D eigenvalue weighted by Crippen LogP contribution is 2.30. The van der Waals surface area contributed by atoms with E-state index in [4.69, 9.17) is 0 Å². The summed E-state index contributed by atoms with van der Waals surface area (Å²) in [5.74, 6) is 0.882. The molecule has 5 nitrogen and oxygen atoms in total. The van der Waals surface area contributed by atoms with Gasteiger partial charge < -0.3 is 5.32 Å². The van der Waals surface area contributed by atoms with Crippen LogP contribution in [0.25, 0.3) is 0 Å². The van der Waals surface area contributed by atoms with Crippen LogP contribution in [-0.2, 0) is 10.0 Å². The second kappa shape index (κ2) is 5.88. The highest BCUT2D eigenvalue weighted by Gasteiger charge is 2.29. The van der Waals surface area contributed by atoms with Crippen molar-refractivity contribution in [2.45, 2.75) is 44.0 Å². The third-order valence-corrected chi connectivity index (χ3v) is 5.19. The molecule has 1 atom stereocenters. The molecule has 2 rings (SSSR count). The van der Waals surface area contributed by atoms with Crippen molar-refractivity contribution in [2.75, 3.05) is 11.9 Å². The predicted octanol–water partition coefficient (Wildman–Crippen LogP) is 1.98. The smallest absolute Gasteiger partial charge is 0.244 e. The van der Waals surface area contributed by atoms with Gasteiger partial charge in [0.15, 0.2) is 0 Å². The molecule has 1 unspecified atom stereocenters. The highest BCUT2D eigenvalue weighted by atomic mass is 32.2. The van der Waals surface area contributed by atoms with E-state index in [-0.39, 0.29) is 10.9 Å². The molecule has 19 heavy (non-hydrogen) atoms. The first-order valence-corrected chi connectivity index (χ1v) is 8.24. The number of pyridine rings is 1. The average molecular weight is 283 g/mol. The fraction of sp³-hybridized carbons (Fsp3) is 0.615. The molecule has 0 bridgehead atoms. The number of rotatable bonds is 6. The van der Waals surface area contributed by atoms with Gasteiger partial charge >= 0.3 is 0 Å². The van der Waals surface area contributed by atoms with Crippen LogP contribution in [0.5, 0.6) is 0 Å². The van der Waals surface area contributed by atoms with E-state index in [0.717, 1.165) is 12.8 Å². The van der Waals surface area contributed by atoms with Gasteiger partial charge in [-0.05, 0) is 44.7 Å². The Morgan fingerprint density at radius 2 is 2.21 bits per heavy atom. The maximum Gasteiger partial charge on any atom is 0.244 e. The van der Waals surface area contributed by atoms with E-state index in [0.29, 0.717) is 18.3 Å². The third-order valence-electron chi connectivity index (χ3n) is 3.60. The SMILES string of the molecule is CCNc1ncccc1S(=O)(=O)NC(C)C1CCC1. The molecule has 1 heterocycles. The van der Waals surface area contributed by atoms with E-state index in [2.05, 4.69) is 15.0 Å². The average Bonchev–Trinajstić information content (AvgIpc) is 2.26. The zero-order valence-corrected chi connectivity index (χ0v) is 12.2. The van der Waals surface area contributed by atoms with E-state index in [9.17, 15) is 8.42 Å². The summed E-state index contributed by atoms with van der Waals surface area (Å²) >= 11 is 0. The minimum atomic E-state index is -3.51. The molecule has 0 radical (unpaired) electrons. The highest BCUT2D eigenvalue weighted by molar-refractivity contribution is 7.89. The molecule has 0 saturated heterocycles. The monoisotopic (exact) mass is 283 g/mol. The van der Waals surface area contributed by atoms with Gasteiger partial charge in [-0.3, -0.25) is 0 Å². The predicted molar refractivity (Wildman–Crippen MR) is 75.5 cm³/mol. The second-order valence-electron chi connectivity index (χ2n) is 4.98. The summed E-state index contributed by atoms with van der Waals surface area (Å²) in [6.07, 6.45) is 5.01. The van der Waals surface area contributed by atoms with Crippen LogP contribution in [0.1, 0.15) is 33.1 Å². The van der Waals surface area contributed by atoms with Gasteiger partial charge in [-0.2, -0.15) is 0 Å². The van der Waals surface area contributed by atoms with Gasteiger partial charge in [-0.1, -0.05) is 6.42 Å². The summed E-state index contributed by atoms with van der Waals surface area (Å²) in [7, 11) is -3.51. The van der Waals surface area contributed by atoms with E-state index >= 15 is 0 Å². The number of hydrogen-bond donors (Lipinski definition) is 2. The fourth-order valence-corrected chi connectivity index (χ4v) is 3.70. The Balaban J connectivity index is 2.18. The lowest BCUT2D eigenvalue weighted by atomic mass is 9.81. The summed E-state index contributed by atoms with van der Waals surface area (Å²) in [5, 5.41) is 2.98. The van der Waals surface area contributed by atoms with E-state index < -0.39 is 10.0 Å². The van der Waals surface area contributed by atoms with E-state index in [1.165, 1.54) is 6.42 Å². The van der Waals surface area contributed by atoms with Crippen molar-refractivity contribution in [2.24, 2.45) is 5.92 Å². The molecule has 0 aromatic carbocycles. The number of anilines is 1. The zero-order valence-electron chi connectivity index (χ0n) is 11.4. The van der Waals surface area contributed by atoms with Gasteiger partial charge in [0, 0.05) is 18.8 Å². The Bertz CT molecular complexity index is 526. The summed E-state index contributed by atoms with van der Waals surface area (Å²) in [6.45, 7) is 4.48. The standard InChI is InChI=1S/C13H21N3O2S/c1-3-14-13-12(8-5-9-15-13)19(17,18)16-10(2)11-6-4-7-11/h5,8-11,16H,3-4,6-7H2,1-2H3,(H,14,15). The molecule has 0 amide bonds. The van der Waals surface area contributed by atoms with E-state index in [1.54, 1.807) is 18.3 Å². The molecule has 106 valence electrons. The van der Waals surface area contributed by atoms with Gasteiger partial charge in [-0.15, -0.1) is 0 Å². The van der Waals surface area contributed by atoms with Gasteiger partial charge in [0.2, 0.25) is 10.0 Å². The molecular weight excluding hydrogens is 262 g/mol. The number of aromatic nitrogens is 1. The van der Waals surface area contributed by atoms with Crippen LogP contribution in [0.2, 0.25) is 0 Å². The van der Waals surface area contributed by atoms with Gasteiger partial charge in [0.25, 0.3) is 0 Å². The molecule has 0 spiro atoms. The van der Waals surface area contributed by atoms with Crippen molar-refractivity contribution in [1.82, 2.24) is 9.71 Å². The number of sulfonamides is 1. The van der Waals surface area contributed by atoms with Gasteiger partial charge in [-0.25, -0.2) is 18.1 Å². The van der Waals surface area contributed by atoms with Crippen LogP contribution >= 0.6 is 0 Å². The van der Waals surface area contributed by atoms with Gasteiger partial charge in [0.1, 0.15) is 10.7 Å². The Hall–Kier alpha value is -1.14. The lowest BCUT2D eigenvalue weighted by Crippen LogP contribution is -2.40. The molecule has 1 aromatic heterocycles. The molecular formula is C13H21N3O2S. The van der Waals surface area contributed by atoms with Crippen molar-refractivity contribution in [3.05, 3.63) is 18.3 Å². The maximum absolute atomic E-state index is 12.4. The molecule has 1 aliphatic rings. The normalized spacial score (nSPS) is 17.8. The molecule has 6 heteroatoms. The Kier molecular flexibility index (Phi) is 4.42. The minimum Gasteiger partial charge on any atom is -0.369 e. The van der Waals surface area contributed by atoms with Crippen molar-refractivity contribution in [3.8, 4) is 0 Å². The van der Waals surface area contributed by atoms with Crippen LogP contribution in [0.4, 0.5) is 5.82 Å². The first-order chi connectivity index (χ1) is 9.04. The Morgan fingerprint density at radius 1 is 1.47 bits per heavy atom. The van der Waals surface area contributed by atoms with Crippen LogP contribution in [0.15, 0.2) is 23.2 Å². The second-order valence-corrected chi connectivity index (χ2v) is 6.66. The summed E-state index contributed by atoms with van der Waals surface area (Å²) in [4.78, 5) is 4.32. The first kappa shape index (κ1) is 14.3. The minimum absolute atomic E-state index is 0.0200. The Morgan fingerprint density at radius 3 is 2.79 bits per heavy atom. The number of nitrogens with one attached hydrogen (secondary N) is 2. The summed E-state index contributed by atoms with van der Waals surface area (Å²) < 4.78 is 27.5. The fourth-order valence-electron chi connectivity index (χ4n) is 2.25. The lowest BCUT2D eigenvalue weighted by Gasteiger charge is -2.31. The molecule has 1 saturated carbocycles. The first-order valence-electron chi connectivity index (χ1n) is 6.76. The summed E-state index contributed by atoms with van der Waals surface area (Å²) in [6, 6.07) is 3.21. The summed E-state index contributed by atoms with van der Waals surface area (Å²) in [5.41, 5.74) is 0. The molecule has 0 aliphatic heterocycles. The zero-order chi connectivity index (χ0) is 13.9. The van der Waals surface area contributed by atoms with Crippen LogP contribution in [-0.4, -0.2) is 26.0 Å². The molecule has 2 N–H and O–H groups in total. The van der Waals surface area contributed by atoms with Crippen LogP contribution in [0.3, 0.4) is 0 Å². The molecule has 1 aliphatic carbocycles. The topological polar surface area (TPSA) is 71.1 Å². The van der Waals surface area contributed by atoms with Crippen molar-refractivity contribution >= 4 is 15.8 Å².